The smallest absolute Gasteiger partial charge is 0.169 e. The van der Waals surface area contributed by atoms with Gasteiger partial charge in [-0.15, -0.1) is 0 Å². The molecule has 0 saturated heterocycles. The zero-order valence-electron chi connectivity index (χ0n) is 11.3. The molecule has 0 unspecified atom stereocenters. The van der Waals surface area contributed by atoms with Crippen LogP contribution in [0.25, 0.3) is 0 Å². The molecule has 6 heteroatoms. The van der Waals surface area contributed by atoms with Gasteiger partial charge in [-0.05, 0) is 25.1 Å². The summed E-state index contributed by atoms with van der Waals surface area (Å²) >= 11 is 3.45. The molecule has 2 aromatic rings. The number of rotatable bonds is 7. The number of nitrogens with one attached hydrogen (secondary N) is 1. The number of aromatic nitrogens is 3. The molecule has 1 N–H and O–H groups in total. The van der Waals surface area contributed by atoms with Gasteiger partial charge >= 0.3 is 0 Å². The topological polar surface area (TPSA) is 52.0 Å². The molecule has 0 saturated carbocycles. The highest BCUT2D eigenvalue weighted by molar-refractivity contribution is 9.10. The highest BCUT2D eigenvalue weighted by Gasteiger charge is 2.06. The Morgan fingerprint density at radius 3 is 3.05 bits per heavy atom. The Morgan fingerprint density at radius 1 is 1.50 bits per heavy atom. The van der Waals surface area contributed by atoms with Gasteiger partial charge in [0.1, 0.15) is 18.7 Å². The summed E-state index contributed by atoms with van der Waals surface area (Å²) in [5, 5.41) is 7.62. The zero-order valence-corrected chi connectivity index (χ0v) is 12.9. The molecule has 0 radical (unpaired) electrons. The summed E-state index contributed by atoms with van der Waals surface area (Å²) in [6, 6.07) is 5.82. The molecule has 20 heavy (non-hydrogen) atoms. The van der Waals surface area contributed by atoms with Crippen molar-refractivity contribution in [2.75, 3.05) is 11.9 Å². The summed E-state index contributed by atoms with van der Waals surface area (Å²) in [7, 11) is 0. The SMILES string of the molecule is C=CCOc1ccc(Br)cc1NCc1ncn(CC)n1. The van der Waals surface area contributed by atoms with Crippen molar-refractivity contribution < 1.29 is 4.74 Å². The fourth-order valence-electron chi connectivity index (χ4n) is 1.66. The standard InChI is InChI=1S/C14H17BrN4O/c1-3-7-20-13-6-5-11(15)8-12(13)16-9-14-17-10-19(4-2)18-14/h3,5-6,8,10,16H,1,4,7,9H2,2H3. The van der Waals surface area contributed by atoms with E-state index in [9.17, 15) is 0 Å². The normalized spacial score (nSPS) is 10.3. The lowest BCUT2D eigenvalue weighted by atomic mass is 10.3. The zero-order chi connectivity index (χ0) is 14.4. The van der Waals surface area contributed by atoms with E-state index in [1.807, 2.05) is 25.1 Å². The first-order chi connectivity index (χ1) is 9.72. The van der Waals surface area contributed by atoms with Crippen LogP contribution in [0.1, 0.15) is 12.7 Å². The van der Waals surface area contributed by atoms with Crippen LogP contribution in [0.5, 0.6) is 5.75 Å². The minimum absolute atomic E-state index is 0.471. The predicted molar refractivity (Wildman–Crippen MR) is 82.9 cm³/mol. The van der Waals surface area contributed by atoms with Gasteiger partial charge in [0.25, 0.3) is 0 Å². The van der Waals surface area contributed by atoms with E-state index in [1.165, 1.54) is 0 Å². The molecule has 1 aromatic heterocycles. The second-order valence-electron chi connectivity index (χ2n) is 4.11. The van der Waals surface area contributed by atoms with Crippen molar-refractivity contribution in [3.8, 4) is 5.75 Å². The van der Waals surface area contributed by atoms with E-state index in [2.05, 4.69) is 37.9 Å². The third kappa shape index (κ3) is 3.84. The highest BCUT2D eigenvalue weighted by atomic mass is 79.9. The van der Waals surface area contributed by atoms with E-state index >= 15 is 0 Å². The van der Waals surface area contributed by atoms with Crippen LogP contribution >= 0.6 is 15.9 Å². The van der Waals surface area contributed by atoms with Crippen molar-refractivity contribution in [2.24, 2.45) is 0 Å². The largest absolute Gasteiger partial charge is 0.487 e. The van der Waals surface area contributed by atoms with E-state index < -0.39 is 0 Å². The van der Waals surface area contributed by atoms with Crippen molar-refractivity contribution in [3.05, 3.63) is 47.5 Å². The number of ether oxygens (including phenoxy) is 1. The third-order valence-electron chi connectivity index (χ3n) is 2.64. The van der Waals surface area contributed by atoms with Crippen LogP contribution in [0.3, 0.4) is 0 Å². The Labute approximate surface area is 126 Å². The summed E-state index contributed by atoms with van der Waals surface area (Å²) in [5.74, 6) is 1.53. The third-order valence-corrected chi connectivity index (χ3v) is 3.14. The van der Waals surface area contributed by atoms with Gasteiger partial charge in [0.2, 0.25) is 0 Å². The van der Waals surface area contributed by atoms with Gasteiger partial charge in [0.15, 0.2) is 5.82 Å². The summed E-state index contributed by atoms with van der Waals surface area (Å²) in [5.41, 5.74) is 0.897. The number of benzene rings is 1. The molecule has 0 aliphatic rings. The molecule has 0 amide bonds. The Morgan fingerprint density at radius 2 is 2.35 bits per heavy atom. The molecule has 0 bridgehead atoms. The van der Waals surface area contributed by atoms with E-state index in [4.69, 9.17) is 4.74 Å². The van der Waals surface area contributed by atoms with Crippen LogP contribution in [0.2, 0.25) is 0 Å². The Kier molecular flexibility index (Phi) is 5.17. The Balaban J connectivity index is 2.06. The lowest BCUT2D eigenvalue weighted by Gasteiger charge is -2.11. The van der Waals surface area contributed by atoms with Gasteiger partial charge in [-0.2, -0.15) is 5.10 Å². The molecule has 5 nitrogen and oxygen atoms in total. The Hall–Kier alpha value is -1.82. The van der Waals surface area contributed by atoms with Gasteiger partial charge < -0.3 is 10.1 Å². The maximum atomic E-state index is 5.61. The fraction of sp³-hybridized carbons (Fsp3) is 0.286. The predicted octanol–water partition coefficient (Wildman–Crippen LogP) is 3.24. The maximum Gasteiger partial charge on any atom is 0.169 e. The molecular weight excluding hydrogens is 320 g/mol. The summed E-state index contributed by atoms with van der Waals surface area (Å²) in [6.45, 7) is 7.52. The number of hydrogen-bond acceptors (Lipinski definition) is 4. The van der Waals surface area contributed by atoms with Crippen LogP contribution in [0.4, 0.5) is 5.69 Å². The average Bonchev–Trinajstić information content (AvgIpc) is 2.92. The van der Waals surface area contributed by atoms with E-state index in [-0.39, 0.29) is 0 Å². The van der Waals surface area contributed by atoms with Crippen molar-refractivity contribution >= 4 is 21.6 Å². The molecule has 2 rings (SSSR count). The summed E-state index contributed by atoms with van der Waals surface area (Å²) in [6.07, 6.45) is 3.45. The van der Waals surface area contributed by atoms with Crippen LogP contribution in [0.15, 0.2) is 41.7 Å². The lowest BCUT2D eigenvalue weighted by molar-refractivity contribution is 0.364. The number of halogens is 1. The maximum absolute atomic E-state index is 5.61. The molecule has 0 fully saturated rings. The van der Waals surface area contributed by atoms with Gasteiger partial charge in [0, 0.05) is 11.0 Å². The van der Waals surface area contributed by atoms with Gasteiger partial charge in [-0.3, -0.25) is 4.68 Å². The molecule has 0 aliphatic carbocycles. The molecule has 1 aromatic carbocycles. The van der Waals surface area contributed by atoms with E-state index in [0.717, 1.165) is 28.3 Å². The molecule has 0 spiro atoms. The van der Waals surface area contributed by atoms with Crippen LogP contribution in [0, 0.1) is 0 Å². The van der Waals surface area contributed by atoms with Crippen LogP contribution in [-0.2, 0) is 13.1 Å². The number of hydrogen-bond donors (Lipinski definition) is 1. The number of aryl methyl sites for hydroxylation is 1. The van der Waals surface area contributed by atoms with Gasteiger partial charge in [-0.25, -0.2) is 4.98 Å². The molecule has 106 valence electrons. The highest BCUT2D eigenvalue weighted by Crippen LogP contribution is 2.28. The van der Waals surface area contributed by atoms with Crippen molar-refractivity contribution in [1.82, 2.24) is 14.8 Å². The van der Waals surface area contributed by atoms with Gasteiger partial charge in [-0.1, -0.05) is 28.6 Å². The van der Waals surface area contributed by atoms with Crippen molar-refractivity contribution in [2.45, 2.75) is 20.0 Å². The monoisotopic (exact) mass is 336 g/mol. The minimum atomic E-state index is 0.471. The molecule has 1 heterocycles. The van der Waals surface area contributed by atoms with Crippen molar-refractivity contribution in [1.29, 1.82) is 0 Å². The van der Waals surface area contributed by atoms with Gasteiger partial charge in [0.05, 0.1) is 12.2 Å². The fourth-order valence-corrected chi connectivity index (χ4v) is 2.02. The molecule has 0 atom stereocenters. The summed E-state index contributed by atoms with van der Waals surface area (Å²) < 4.78 is 8.39. The first-order valence-electron chi connectivity index (χ1n) is 6.38. The number of anilines is 1. The molecule has 0 aliphatic heterocycles. The number of nitrogens with zero attached hydrogens (tertiary/aromatic N) is 3. The first-order valence-corrected chi connectivity index (χ1v) is 7.17. The van der Waals surface area contributed by atoms with Crippen LogP contribution < -0.4 is 10.1 Å². The second-order valence-corrected chi connectivity index (χ2v) is 5.03. The lowest BCUT2D eigenvalue weighted by Crippen LogP contribution is -2.05. The Bertz CT molecular complexity index is 582. The van der Waals surface area contributed by atoms with Crippen molar-refractivity contribution in [3.63, 3.8) is 0 Å². The van der Waals surface area contributed by atoms with E-state index in [0.29, 0.717) is 13.2 Å². The quantitative estimate of drug-likeness (QED) is 0.788. The average molecular weight is 337 g/mol. The van der Waals surface area contributed by atoms with E-state index in [1.54, 1.807) is 17.1 Å². The first kappa shape index (κ1) is 14.6. The summed E-state index contributed by atoms with van der Waals surface area (Å²) in [4.78, 5) is 4.24. The molecular formula is C14H17BrN4O. The second kappa shape index (κ2) is 7.09. The van der Waals surface area contributed by atoms with Crippen LogP contribution in [-0.4, -0.2) is 21.4 Å². The minimum Gasteiger partial charge on any atom is -0.487 e.